The van der Waals surface area contributed by atoms with E-state index in [0.29, 0.717) is 5.69 Å². The molecule has 3 rings (SSSR count). The summed E-state index contributed by atoms with van der Waals surface area (Å²) in [5.74, 6) is -0.223. The molecule has 0 spiro atoms. The third-order valence-corrected chi connectivity index (χ3v) is 5.85. The van der Waals surface area contributed by atoms with E-state index in [-0.39, 0.29) is 17.3 Å². The standard InChI is InChI=1S/C19H24N4O3S/c1-12-9-14(27(21,25)26)10-17(13(12)2)22-19(24)11-23-8-4-5-15-16(20)6-3-7-18(15)23/h3,6-7,9-10H,4-5,8,11,20H2,1-2H3,(H,22,24)(H2,21,25,26). The van der Waals surface area contributed by atoms with E-state index in [1.807, 2.05) is 30.0 Å². The number of carbonyl (C=O) groups excluding carboxylic acids is 1. The van der Waals surface area contributed by atoms with Crippen LogP contribution in [-0.2, 0) is 21.2 Å². The number of aryl methyl sites for hydroxylation is 1. The van der Waals surface area contributed by atoms with E-state index in [0.717, 1.165) is 47.5 Å². The van der Waals surface area contributed by atoms with Crippen molar-refractivity contribution in [1.29, 1.82) is 0 Å². The minimum Gasteiger partial charge on any atom is -0.398 e. The van der Waals surface area contributed by atoms with Crippen LogP contribution in [0.25, 0.3) is 0 Å². The maximum Gasteiger partial charge on any atom is 0.243 e. The molecule has 1 amide bonds. The van der Waals surface area contributed by atoms with Crippen molar-refractivity contribution in [2.24, 2.45) is 5.14 Å². The zero-order valence-corrected chi connectivity index (χ0v) is 16.3. The highest BCUT2D eigenvalue weighted by Crippen LogP contribution is 2.31. The Balaban J connectivity index is 1.82. The zero-order chi connectivity index (χ0) is 19.8. The molecule has 1 aliphatic rings. The number of nitrogens with zero attached hydrogens (tertiary/aromatic N) is 1. The number of nitrogen functional groups attached to an aromatic ring is 1. The first-order valence-corrected chi connectivity index (χ1v) is 10.3. The van der Waals surface area contributed by atoms with Crippen molar-refractivity contribution >= 4 is 33.0 Å². The van der Waals surface area contributed by atoms with Crippen LogP contribution < -0.4 is 21.1 Å². The molecule has 144 valence electrons. The van der Waals surface area contributed by atoms with Gasteiger partial charge in [-0.05, 0) is 67.6 Å². The lowest BCUT2D eigenvalue weighted by Gasteiger charge is -2.31. The first kappa shape index (κ1) is 19.2. The molecular weight excluding hydrogens is 364 g/mol. The molecular formula is C19H24N4O3S. The minimum atomic E-state index is -3.85. The normalized spacial score (nSPS) is 14.0. The maximum absolute atomic E-state index is 12.6. The van der Waals surface area contributed by atoms with Crippen molar-refractivity contribution in [3.05, 3.63) is 47.0 Å². The summed E-state index contributed by atoms with van der Waals surface area (Å²) in [4.78, 5) is 14.6. The summed E-state index contributed by atoms with van der Waals surface area (Å²) in [7, 11) is -3.85. The summed E-state index contributed by atoms with van der Waals surface area (Å²) in [6, 6.07) is 8.62. The Bertz CT molecular complexity index is 1000. The van der Waals surface area contributed by atoms with Crippen LogP contribution in [0.4, 0.5) is 17.1 Å². The SMILES string of the molecule is Cc1cc(S(N)(=O)=O)cc(NC(=O)CN2CCCc3c(N)cccc32)c1C. The fourth-order valence-corrected chi connectivity index (χ4v) is 4.00. The Morgan fingerprint density at radius 2 is 2.00 bits per heavy atom. The predicted molar refractivity (Wildman–Crippen MR) is 107 cm³/mol. The highest BCUT2D eigenvalue weighted by Gasteiger charge is 2.21. The van der Waals surface area contributed by atoms with Gasteiger partial charge >= 0.3 is 0 Å². The molecule has 1 aliphatic heterocycles. The van der Waals surface area contributed by atoms with Gasteiger partial charge in [-0.1, -0.05) is 6.07 Å². The van der Waals surface area contributed by atoms with E-state index in [2.05, 4.69) is 5.32 Å². The second kappa shape index (κ2) is 7.21. The zero-order valence-electron chi connectivity index (χ0n) is 15.5. The summed E-state index contributed by atoms with van der Waals surface area (Å²) in [6.45, 7) is 4.53. The van der Waals surface area contributed by atoms with Crippen molar-refractivity contribution < 1.29 is 13.2 Å². The van der Waals surface area contributed by atoms with E-state index in [9.17, 15) is 13.2 Å². The Morgan fingerprint density at radius 1 is 1.26 bits per heavy atom. The summed E-state index contributed by atoms with van der Waals surface area (Å²) < 4.78 is 23.3. The Hall–Kier alpha value is -2.58. The monoisotopic (exact) mass is 388 g/mol. The molecule has 0 saturated carbocycles. The lowest BCUT2D eigenvalue weighted by molar-refractivity contribution is -0.115. The molecule has 0 atom stereocenters. The van der Waals surface area contributed by atoms with Gasteiger partial charge in [-0.3, -0.25) is 4.79 Å². The number of rotatable bonds is 4. The van der Waals surface area contributed by atoms with Crippen LogP contribution in [0.5, 0.6) is 0 Å². The largest absolute Gasteiger partial charge is 0.398 e. The Morgan fingerprint density at radius 3 is 2.70 bits per heavy atom. The lowest BCUT2D eigenvalue weighted by atomic mass is 10.00. The van der Waals surface area contributed by atoms with Gasteiger partial charge < -0.3 is 16.0 Å². The molecule has 0 radical (unpaired) electrons. The third kappa shape index (κ3) is 4.06. The van der Waals surface area contributed by atoms with Crippen LogP contribution in [0.2, 0.25) is 0 Å². The number of sulfonamides is 1. The molecule has 0 fully saturated rings. The van der Waals surface area contributed by atoms with Gasteiger partial charge in [-0.25, -0.2) is 13.6 Å². The van der Waals surface area contributed by atoms with Crippen LogP contribution in [0.15, 0.2) is 35.2 Å². The van der Waals surface area contributed by atoms with E-state index >= 15 is 0 Å². The van der Waals surface area contributed by atoms with Crippen molar-refractivity contribution in [3.63, 3.8) is 0 Å². The number of primary sulfonamides is 1. The molecule has 0 bridgehead atoms. The van der Waals surface area contributed by atoms with Gasteiger partial charge in [0.1, 0.15) is 0 Å². The Labute approximate surface area is 159 Å². The van der Waals surface area contributed by atoms with Crippen LogP contribution in [0.3, 0.4) is 0 Å². The second-order valence-corrected chi connectivity index (χ2v) is 8.44. The Kier molecular flexibility index (Phi) is 5.12. The summed E-state index contributed by atoms with van der Waals surface area (Å²) >= 11 is 0. The number of carbonyl (C=O) groups is 1. The second-order valence-electron chi connectivity index (χ2n) is 6.88. The van der Waals surface area contributed by atoms with E-state index in [1.54, 1.807) is 6.92 Å². The van der Waals surface area contributed by atoms with Gasteiger partial charge in [-0.15, -0.1) is 0 Å². The number of hydrogen-bond donors (Lipinski definition) is 3. The molecule has 2 aromatic carbocycles. The topological polar surface area (TPSA) is 119 Å². The third-order valence-electron chi connectivity index (χ3n) is 4.96. The van der Waals surface area contributed by atoms with Gasteiger partial charge in [-0.2, -0.15) is 0 Å². The van der Waals surface area contributed by atoms with Crippen LogP contribution in [-0.4, -0.2) is 27.4 Å². The predicted octanol–water partition coefficient (Wildman–Crippen LogP) is 1.92. The molecule has 0 aromatic heterocycles. The van der Waals surface area contributed by atoms with Crippen molar-refractivity contribution in [2.45, 2.75) is 31.6 Å². The molecule has 1 heterocycles. The highest BCUT2D eigenvalue weighted by molar-refractivity contribution is 7.89. The van der Waals surface area contributed by atoms with Crippen molar-refractivity contribution in [2.75, 3.05) is 29.0 Å². The first-order chi connectivity index (χ1) is 12.7. The number of fused-ring (bicyclic) bond motifs is 1. The molecule has 7 nitrogen and oxygen atoms in total. The van der Waals surface area contributed by atoms with Crippen molar-refractivity contribution in [3.8, 4) is 0 Å². The van der Waals surface area contributed by atoms with Crippen LogP contribution >= 0.6 is 0 Å². The van der Waals surface area contributed by atoms with E-state index < -0.39 is 10.0 Å². The van der Waals surface area contributed by atoms with Crippen LogP contribution in [0, 0.1) is 13.8 Å². The highest BCUT2D eigenvalue weighted by atomic mass is 32.2. The summed E-state index contributed by atoms with van der Waals surface area (Å²) in [6.07, 6.45) is 1.82. The average Bonchev–Trinajstić information content (AvgIpc) is 2.59. The first-order valence-electron chi connectivity index (χ1n) is 8.73. The fourth-order valence-electron chi connectivity index (χ4n) is 3.38. The van der Waals surface area contributed by atoms with Crippen LogP contribution in [0.1, 0.15) is 23.1 Å². The van der Waals surface area contributed by atoms with Gasteiger partial charge in [0.15, 0.2) is 0 Å². The van der Waals surface area contributed by atoms with Gasteiger partial charge in [0.05, 0.1) is 11.4 Å². The number of nitrogens with two attached hydrogens (primary N) is 2. The molecule has 0 saturated heterocycles. The van der Waals surface area contributed by atoms with Gasteiger partial charge in [0.25, 0.3) is 0 Å². The van der Waals surface area contributed by atoms with E-state index in [4.69, 9.17) is 10.9 Å². The average molecular weight is 388 g/mol. The lowest BCUT2D eigenvalue weighted by Crippen LogP contribution is -2.37. The molecule has 27 heavy (non-hydrogen) atoms. The number of nitrogens with one attached hydrogen (secondary N) is 1. The molecule has 0 aliphatic carbocycles. The summed E-state index contributed by atoms with van der Waals surface area (Å²) in [5, 5.41) is 8.06. The molecule has 8 heteroatoms. The summed E-state index contributed by atoms with van der Waals surface area (Å²) in [5.41, 5.74) is 10.8. The molecule has 0 unspecified atom stereocenters. The number of benzene rings is 2. The number of hydrogen-bond acceptors (Lipinski definition) is 5. The number of amides is 1. The molecule has 2 aromatic rings. The fraction of sp³-hybridized carbons (Fsp3) is 0.316. The van der Waals surface area contributed by atoms with E-state index in [1.165, 1.54) is 12.1 Å². The molecule has 5 N–H and O–H groups in total. The van der Waals surface area contributed by atoms with Gasteiger partial charge in [0.2, 0.25) is 15.9 Å². The quantitative estimate of drug-likeness (QED) is 0.692. The maximum atomic E-state index is 12.6. The smallest absolute Gasteiger partial charge is 0.243 e. The van der Waals surface area contributed by atoms with Gasteiger partial charge in [0, 0.05) is 23.6 Å². The van der Waals surface area contributed by atoms with Crippen molar-refractivity contribution in [1.82, 2.24) is 0 Å². The number of anilines is 3. The minimum absolute atomic E-state index is 0.0167.